The van der Waals surface area contributed by atoms with Crippen molar-refractivity contribution in [3.05, 3.63) is 89.5 Å². The van der Waals surface area contributed by atoms with Crippen LogP contribution in [0.15, 0.2) is 67.0 Å². The molecule has 0 saturated heterocycles. The van der Waals surface area contributed by atoms with E-state index >= 15 is 0 Å². The quantitative estimate of drug-likeness (QED) is 0.260. The summed E-state index contributed by atoms with van der Waals surface area (Å²) in [5.74, 6) is -0.320. The Morgan fingerprint density at radius 2 is 1.85 bits per heavy atom. The standard InChI is InChI=1S/C26H23F2N7O4/c1-3-35-19-13-18(21(36)33-25-29-14-30-34-25)22(38-2)31-20(19)32-23(35)26(37,15-7-5-4-6-8-15)16-9-11-17(12-10-16)39-24(27)28/h4-14,24,37H,3H2,1-2H3,(H2,29,30,33,34,36). The predicted octanol–water partition coefficient (Wildman–Crippen LogP) is 3.72. The third kappa shape index (κ3) is 4.75. The average Bonchev–Trinajstić information content (AvgIpc) is 3.59. The van der Waals surface area contributed by atoms with Crippen LogP contribution in [0.4, 0.5) is 14.7 Å². The van der Waals surface area contributed by atoms with Crippen molar-refractivity contribution >= 4 is 23.0 Å². The van der Waals surface area contributed by atoms with Crippen molar-refractivity contribution in [1.29, 1.82) is 0 Å². The number of fused-ring (bicyclic) bond motifs is 1. The molecule has 3 aromatic heterocycles. The van der Waals surface area contributed by atoms with Gasteiger partial charge >= 0.3 is 6.61 Å². The number of aromatic amines is 1. The number of carbonyl (C=O) groups excluding carboxylic acids is 1. The number of carbonyl (C=O) groups is 1. The highest BCUT2D eigenvalue weighted by molar-refractivity contribution is 6.06. The molecule has 11 nitrogen and oxygen atoms in total. The van der Waals surface area contributed by atoms with Crippen LogP contribution in [0.25, 0.3) is 11.2 Å². The van der Waals surface area contributed by atoms with Gasteiger partial charge in [0.15, 0.2) is 17.1 Å². The van der Waals surface area contributed by atoms with Gasteiger partial charge in [-0.05, 0) is 36.2 Å². The molecule has 5 aromatic rings. The zero-order valence-corrected chi connectivity index (χ0v) is 20.8. The highest BCUT2D eigenvalue weighted by Crippen LogP contribution is 2.39. The summed E-state index contributed by atoms with van der Waals surface area (Å²) in [6.45, 7) is -0.777. The SMILES string of the molecule is CCn1c(C(O)(c2ccccc2)c2ccc(OC(F)F)cc2)nc2nc(OC)c(C(=O)Nc3nc[nH]n3)cc21. The van der Waals surface area contributed by atoms with Crippen LogP contribution in [0.2, 0.25) is 0 Å². The highest BCUT2D eigenvalue weighted by Gasteiger charge is 2.39. The number of ether oxygens (including phenoxy) is 2. The third-order valence-corrected chi connectivity index (χ3v) is 6.11. The van der Waals surface area contributed by atoms with Gasteiger partial charge in [0.05, 0.1) is 12.6 Å². The van der Waals surface area contributed by atoms with Gasteiger partial charge in [0.1, 0.15) is 17.6 Å². The number of aryl methyl sites for hydroxylation is 1. The lowest BCUT2D eigenvalue weighted by atomic mass is 9.85. The van der Waals surface area contributed by atoms with Gasteiger partial charge in [-0.25, -0.2) is 9.97 Å². The van der Waals surface area contributed by atoms with Crippen molar-refractivity contribution in [3.8, 4) is 11.6 Å². The highest BCUT2D eigenvalue weighted by atomic mass is 19.3. The van der Waals surface area contributed by atoms with Crippen LogP contribution in [-0.4, -0.2) is 54.5 Å². The monoisotopic (exact) mass is 535 g/mol. The van der Waals surface area contributed by atoms with E-state index in [1.54, 1.807) is 41.0 Å². The Labute approximate surface area is 220 Å². The fraction of sp³-hybridized carbons (Fsp3) is 0.192. The van der Waals surface area contributed by atoms with E-state index in [0.717, 1.165) is 0 Å². The van der Waals surface area contributed by atoms with E-state index in [0.29, 0.717) is 23.2 Å². The number of alkyl halides is 2. The van der Waals surface area contributed by atoms with Crippen molar-refractivity contribution in [2.75, 3.05) is 12.4 Å². The Morgan fingerprint density at radius 3 is 2.46 bits per heavy atom. The lowest BCUT2D eigenvalue weighted by molar-refractivity contribution is -0.0498. The van der Waals surface area contributed by atoms with Gasteiger partial charge in [-0.1, -0.05) is 42.5 Å². The van der Waals surface area contributed by atoms with E-state index in [4.69, 9.17) is 4.74 Å². The molecule has 0 radical (unpaired) electrons. The average molecular weight is 536 g/mol. The summed E-state index contributed by atoms with van der Waals surface area (Å²) in [7, 11) is 1.37. The van der Waals surface area contributed by atoms with E-state index in [9.17, 15) is 18.7 Å². The molecular weight excluding hydrogens is 512 g/mol. The number of methoxy groups -OCH3 is 1. The number of aliphatic hydroxyl groups is 1. The molecule has 1 amide bonds. The molecule has 5 rings (SSSR count). The Bertz CT molecular complexity index is 1590. The van der Waals surface area contributed by atoms with Gasteiger partial charge in [-0.2, -0.15) is 13.8 Å². The second-order valence-corrected chi connectivity index (χ2v) is 8.32. The summed E-state index contributed by atoms with van der Waals surface area (Å²) in [5.41, 5.74) is -0.198. The van der Waals surface area contributed by atoms with Crippen molar-refractivity contribution in [2.45, 2.75) is 25.7 Å². The number of hydrogen-bond donors (Lipinski definition) is 3. The lowest BCUT2D eigenvalue weighted by Crippen LogP contribution is -2.32. The number of nitrogens with one attached hydrogen (secondary N) is 2. The first kappa shape index (κ1) is 25.7. The van der Waals surface area contributed by atoms with Crippen LogP contribution in [0.1, 0.15) is 34.2 Å². The normalized spacial score (nSPS) is 12.9. The first-order valence-corrected chi connectivity index (χ1v) is 11.8. The van der Waals surface area contributed by atoms with Crippen LogP contribution in [-0.2, 0) is 12.1 Å². The zero-order valence-electron chi connectivity index (χ0n) is 20.8. The summed E-state index contributed by atoms with van der Waals surface area (Å²) in [4.78, 5) is 26.0. The number of rotatable bonds is 9. The number of aromatic nitrogens is 6. The maximum absolute atomic E-state index is 13.0. The summed E-state index contributed by atoms with van der Waals surface area (Å²) in [5, 5.41) is 21.3. The molecule has 0 aliphatic rings. The van der Waals surface area contributed by atoms with E-state index in [1.165, 1.54) is 37.7 Å². The van der Waals surface area contributed by atoms with Gasteiger partial charge < -0.3 is 19.1 Å². The first-order chi connectivity index (χ1) is 18.8. The molecule has 1 atom stereocenters. The molecule has 0 aliphatic carbocycles. The predicted molar refractivity (Wildman–Crippen MR) is 136 cm³/mol. The maximum atomic E-state index is 13.0. The summed E-state index contributed by atoms with van der Waals surface area (Å²) < 4.78 is 37.0. The van der Waals surface area contributed by atoms with Crippen molar-refractivity contribution < 1.29 is 28.2 Å². The summed E-state index contributed by atoms with van der Waals surface area (Å²) >= 11 is 0. The molecule has 2 aromatic carbocycles. The Hall–Kier alpha value is -4.91. The second-order valence-electron chi connectivity index (χ2n) is 8.32. The van der Waals surface area contributed by atoms with E-state index < -0.39 is 18.1 Å². The van der Waals surface area contributed by atoms with Gasteiger partial charge in [-0.3, -0.25) is 15.2 Å². The molecule has 0 aliphatic heterocycles. The largest absolute Gasteiger partial charge is 0.480 e. The molecular formula is C26H23F2N7O4. The summed E-state index contributed by atoms with van der Waals surface area (Å²) in [6.07, 6.45) is 1.32. The van der Waals surface area contributed by atoms with Gasteiger partial charge in [0.25, 0.3) is 5.91 Å². The molecule has 0 spiro atoms. The van der Waals surface area contributed by atoms with Gasteiger partial charge in [-0.15, -0.1) is 5.10 Å². The maximum Gasteiger partial charge on any atom is 0.387 e. The van der Waals surface area contributed by atoms with E-state index in [1.807, 2.05) is 6.92 Å². The molecule has 200 valence electrons. The fourth-order valence-corrected chi connectivity index (χ4v) is 4.37. The number of benzene rings is 2. The molecule has 3 N–H and O–H groups in total. The molecule has 39 heavy (non-hydrogen) atoms. The number of amides is 1. The number of hydrogen-bond acceptors (Lipinski definition) is 8. The second kappa shape index (κ2) is 10.5. The Balaban J connectivity index is 1.68. The van der Waals surface area contributed by atoms with Gasteiger partial charge in [0, 0.05) is 6.54 Å². The lowest BCUT2D eigenvalue weighted by Gasteiger charge is -2.29. The Morgan fingerprint density at radius 1 is 1.13 bits per heavy atom. The van der Waals surface area contributed by atoms with Crippen LogP contribution in [0.3, 0.4) is 0 Å². The molecule has 0 bridgehead atoms. The number of pyridine rings is 1. The van der Waals surface area contributed by atoms with E-state index in [-0.39, 0.29) is 34.6 Å². The smallest absolute Gasteiger partial charge is 0.387 e. The minimum atomic E-state index is -2.98. The van der Waals surface area contributed by atoms with Gasteiger partial charge in [0.2, 0.25) is 11.8 Å². The topological polar surface area (TPSA) is 140 Å². The first-order valence-electron chi connectivity index (χ1n) is 11.8. The van der Waals surface area contributed by atoms with Crippen LogP contribution >= 0.6 is 0 Å². The molecule has 3 heterocycles. The van der Waals surface area contributed by atoms with Crippen molar-refractivity contribution in [2.24, 2.45) is 0 Å². The Kier molecular flexibility index (Phi) is 6.90. The van der Waals surface area contributed by atoms with Crippen molar-refractivity contribution in [3.63, 3.8) is 0 Å². The molecule has 0 saturated carbocycles. The molecule has 13 heteroatoms. The zero-order chi connectivity index (χ0) is 27.6. The number of H-pyrrole nitrogens is 1. The summed E-state index contributed by atoms with van der Waals surface area (Å²) in [6, 6.07) is 16.0. The number of imidazole rings is 1. The molecule has 0 fully saturated rings. The third-order valence-electron chi connectivity index (χ3n) is 6.11. The number of anilines is 1. The minimum absolute atomic E-state index is 0.0135. The van der Waals surface area contributed by atoms with Crippen molar-refractivity contribution in [1.82, 2.24) is 29.7 Å². The van der Waals surface area contributed by atoms with E-state index in [2.05, 4.69) is 35.2 Å². The van der Waals surface area contributed by atoms with Crippen LogP contribution < -0.4 is 14.8 Å². The number of nitrogens with zero attached hydrogens (tertiary/aromatic N) is 5. The number of halogens is 2. The fourth-order valence-electron chi connectivity index (χ4n) is 4.37. The van der Waals surface area contributed by atoms with Crippen LogP contribution in [0.5, 0.6) is 11.6 Å². The van der Waals surface area contributed by atoms with Crippen LogP contribution in [0, 0.1) is 0 Å². The minimum Gasteiger partial charge on any atom is -0.480 e. The molecule has 1 unspecified atom stereocenters.